The van der Waals surface area contributed by atoms with E-state index in [1.165, 1.54) is 0 Å². The molecule has 5 nitrogen and oxygen atoms in total. The Morgan fingerprint density at radius 3 is 2.56 bits per heavy atom. The minimum Gasteiger partial charge on any atom is -0.481 e. The van der Waals surface area contributed by atoms with Gasteiger partial charge in [0.05, 0.1) is 11.5 Å². The third kappa shape index (κ3) is 3.98. The molecule has 1 atom stereocenters. The van der Waals surface area contributed by atoms with Gasteiger partial charge in [-0.05, 0) is 33.6 Å². The van der Waals surface area contributed by atoms with Crippen LogP contribution in [0.4, 0.5) is 0 Å². The first-order valence-electron chi connectivity index (χ1n) is 6.49. The van der Waals surface area contributed by atoms with Crippen LogP contribution in [0.3, 0.4) is 0 Å². The molecule has 0 bridgehead atoms. The van der Waals surface area contributed by atoms with Crippen LogP contribution in [0.25, 0.3) is 0 Å². The van der Waals surface area contributed by atoms with E-state index in [-0.39, 0.29) is 18.4 Å². The Morgan fingerprint density at radius 1 is 1.44 bits per heavy atom. The summed E-state index contributed by atoms with van der Waals surface area (Å²) < 4.78 is 5.50. The van der Waals surface area contributed by atoms with E-state index in [9.17, 15) is 9.59 Å². The Kier molecular flexibility index (Phi) is 5.14. The van der Waals surface area contributed by atoms with Crippen LogP contribution in [0.15, 0.2) is 0 Å². The van der Waals surface area contributed by atoms with Gasteiger partial charge >= 0.3 is 5.97 Å². The van der Waals surface area contributed by atoms with E-state index in [0.717, 1.165) is 19.4 Å². The van der Waals surface area contributed by atoms with Gasteiger partial charge in [0.2, 0.25) is 5.91 Å². The summed E-state index contributed by atoms with van der Waals surface area (Å²) in [6, 6.07) is 0. The number of amides is 1. The van der Waals surface area contributed by atoms with Gasteiger partial charge in [-0.15, -0.1) is 0 Å². The van der Waals surface area contributed by atoms with E-state index in [0.29, 0.717) is 13.1 Å². The van der Waals surface area contributed by atoms with Crippen molar-refractivity contribution in [3.8, 4) is 0 Å². The van der Waals surface area contributed by atoms with Crippen molar-refractivity contribution >= 4 is 11.9 Å². The van der Waals surface area contributed by atoms with E-state index in [2.05, 4.69) is 0 Å². The summed E-state index contributed by atoms with van der Waals surface area (Å²) in [4.78, 5) is 24.8. The fourth-order valence-electron chi connectivity index (χ4n) is 2.01. The Hall–Kier alpha value is -1.10. The second-order valence-electron chi connectivity index (χ2n) is 5.43. The largest absolute Gasteiger partial charge is 0.481 e. The highest BCUT2D eigenvalue weighted by Crippen LogP contribution is 2.22. The van der Waals surface area contributed by atoms with Crippen molar-refractivity contribution in [3.63, 3.8) is 0 Å². The maximum absolute atomic E-state index is 12.1. The van der Waals surface area contributed by atoms with Gasteiger partial charge in [0.15, 0.2) is 0 Å². The summed E-state index contributed by atoms with van der Waals surface area (Å²) in [6.07, 6.45) is 2.16. The predicted octanol–water partition coefficient (Wildman–Crippen LogP) is 1.51. The second-order valence-corrected chi connectivity index (χ2v) is 5.43. The normalized spacial score (nSPS) is 19.8. The quantitative estimate of drug-likeness (QED) is 0.783. The lowest BCUT2D eigenvalue weighted by Crippen LogP contribution is -2.40. The molecule has 104 valence electrons. The van der Waals surface area contributed by atoms with Gasteiger partial charge in [-0.2, -0.15) is 0 Å². The van der Waals surface area contributed by atoms with Crippen LogP contribution in [-0.2, 0) is 14.3 Å². The third-order valence-corrected chi connectivity index (χ3v) is 3.35. The number of carbonyl (C=O) groups excluding carboxylic acids is 1. The van der Waals surface area contributed by atoms with Gasteiger partial charge in [0, 0.05) is 26.1 Å². The molecule has 18 heavy (non-hydrogen) atoms. The molecule has 0 spiro atoms. The molecule has 0 aliphatic carbocycles. The number of likely N-dealkylation sites (N-methyl/N-ethyl adjacent to an activating group) is 1. The van der Waals surface area contributed by atoms with E-state index in [1.54, 1.807) is 18.7 Å². The minimum atomic E-state index is -1.01. The SMILES string of the molecule is CCN(CC1CCCO1)C(=O)CC(C)(C)C(=O)O. The van der Waals surface area contributed by atoms with Gasteiger partial charge in [0.25, 0.3) is 0 Å². The van der Waals surface area contributed by atoms with Crippen LogP contribution in [0.1, 0.15) is 40.0 Å². The first-order chi connectivity index (χ1) is 8.36. The highest BCUT2D eigenvalue weighted by molar-refractivity contribution is 5.84. The maximum Gasteiger partial charge on any atom is 0.309 e. The summed E-state index contributed by atoms with van der Waals surface area (Å²) in [5.41, 5.74) is -1.01. The van der Waals surface area contributed by atoms with Crippen molar-refractivity contribution < 1.29 is 19.4 Å². The fraction of sp³-hybridized carbons (Fsp3) is 0.846. The molecule has 0 aromatic carbocycles. The number of carboxylic acids is 1. The van der Waals surface area contributed by atoms with E-state index >= 15 is 0 Å². The van der Waals surface area contributed by atoms with Gasteiger partial charge in [0.1, 0.15) is 0 Å². The monoisotopic (exact) mass is 257 g/mol. The Bertz CT molecular complexity index is 308. The van der Waals surface area contributed by atoms with Gasteiger partial charge < -0.3 is 14.7 Å². The summed E-state index contributed by atoms with van der Waals surface area (Å²) in [5, 5.41) is 9.03. The van der Waals surface area contributed by atoms with Crippen molar-refractivity contribution in [2.24, 2.45) is 5.41 Å². The van der Waals surface area contributed by atoms with Gasteiger partial charge in [-0.25, -0.2) is 0 Å². The zero-order valence-electron chi connectivity index (χ0n) is 11.4. The number of hydrogen-bond acceptors (Lipinski definition) is 3. The predicted molar refractivity (Wildman–Crippen MR) is 67.3 cm³/mol. The van der Waals surface area contributed by atoms with Gasteiger partial charge in [-0.1, -0.05) is 0 Å². The maximum atomic E-state index is 12.1. The van der Waals surface area contributed by atoms with E-state index in [1.807, 2.05) is 6.92 Å². The van der Waals surface area contributed by atoms with Crippen LogP contribution in [0, 0.1) is 5.41 Å². The Labute approximate surface area is 108 Å². The third-order valence-electron chi connectivity index (χ3n) is 3.35. The molecule has 0 aromatic heterocycles. The number of carbonyl (C=O) groups is 2. The Balaban J connectivity index is 2.53. The summed E-state index contributed by atoms with van der Waals surface area (Å²) in [7, 11) is 0. The van der Waals surface area contributed by atoms with Crippen LogP contribution in [0.5, 0.6) is 0 Å². The van der Waals surface area contributed by atoms with Crippen LogP contribution < -0.4 is 0 Å². The average molecular weight is 257 g/mol. The molecule has 1 fully saturated rings. The molecule has 5 heteroatoms. The fourth-order valence-corrected chi connectivity index (χ4v) is 2.01. The smallest absolute Gasteiger partial charge is 0.309 e. The van der Waals surface area contributed by atoms with Crippen molar-refractivity contribution in [3.05, 3.63) is 0 Å². The number of hydrogen-bond donors (Lipinski definition) is 1. The molecule has 1 N–H and O–H groups in total. The number of carboxylic acid groups (broad SMARTS) is 1. The number of aliphatic carboxylic acids is 1. The summed E-state index contributed by atoms with van der Waals surface area (Å²) in [5.74, 6) is -1.05. The van der Waals surface area contributed by atoms with Crippen molar-refractivity contribution in [1.29, 1.82) is 0 Å². The van der Waals surface area contributed by atoms with Crippen molar-refractivity contribution in [2.75, 3.05) is 19.7 Å². The van der Waals surface area contributed by atoms with Crippen molar-refractivity contribution in [1.82, 2.24) is 4.90 Å². The first kappa shape index (κ1) is 15.0. The van der Waals surface area contributed by atoms with Crippen molar-refractivity contribution in [2.45, 2.75) is 46.1 Å². The number of ether oxygens (including phenoxy) is 1. The summed E-state index contributed by atoms with van der Waals surface area (Å²) in [6.45, 7) is 6.98. The molecule has 1 unspecified atom stereocenters. The molecule has 1 saturated heterocycles. The first-order valence-corrected chi connectivity index (χ1v) is 6.49. The zero-order chi connectivity index (χ0) is 13.8. The van der Waals surface area contributed by atoms with Crippen LogP contribution in [0.2, 0.25) is 0 Å². The molecular formula is C13H23NO4. The molecule has 1 aliphatic heterocycles. The highest BCUT2D eigenvalue weighted by Gasteiger charge is 2.32. The number of rotatable bonds is 6. The Morgan fingerprint density at radius 2 is 2.11 bits per heavy atom. The number of nitrogens with zero attached hydrogens (tertiary/aromatic N) is 1. The van der Waals surface area contributed by atoms with E-state index in [4.69, 9.17) is 9.84 Å². The average Bonchev–Trinajstić information content (AvgIpc) is 2.77. The highest BCUT2D eigenvalue weighted by atomic mass is 16.5. The topological polar surface area (TPSA) is 66.8 Å². The second kappa shape index (κ2) is 6.18. The standard InChI is InChI=1S/C13H23NO4/c1-4-14(9-10-6-5-7-18-10)11(15)8-13(2,3)12(16)17/h10H,4-9H2,1-3H3,(H,16,17). The molecule has 1 rings (SSSR count). The molecule has 0 aromatic rings. The van der Waals surface area contributed by atoms with E-state index < -0.39 is 11.4 Å². The molecular weight excluding hydrogens is 234 g/mol. The zero-order valence-corrected chi connectivity index (χ0v) is 11.4. The molecule has 1 amide bonds. The molecule has 1 aliphatic rings. The summed E-state index contributed by atoms with van der Waals surface area (Å²) >= 11 is 0. The van der Waals surface area contributed by atoms with Crippen LogP contribution >= 0.6 is 0 Å². The molecule has 0 saturated carbocycles. The molecule has 0 radical (unpaired) electrons. The lowest BCUT2D eigenvalue weighted by Gasteiger charge is -2.27. The lowest BCUT2D eigenvalue weighted by molar-refractivity contribution is -0.151. The lowest BCUT2D eigenvalue weighted by atomic mass is 9.89. The molecule has 1 heterocycles. The minimum absolute atomic E-state index is 0.0306. The van der Waals surface area contributed by atoms with Crippen LogP contribution in [-0.4, -0.2) is 47.7 Å². The van der Waals surface area contributed by atoms with Gasteiger partial charge in [-0.3, -0.25) is 9.59 Å².